The van der Waals surface area contributed by atoms with E-state index in [9.17, 15) is 4.79 Å². The predicted molar refractivity (Wildman–Crippen MR) is 90.6 cm³/mol. The number of para-hydroxylation sites is 1. The lowest BCUT2D eigenvalue weighted by Gasteiger charge is -2.01. The van der Waals surface area contributed by atoms with Crippen molar-refractivity contribution < 1.29 is 4.79 Å². The standard InChI is InChI=1S/C18H13N5O/c24-18(21-14-4-2-1-3-5-14)16-11-23-10-13(6-7-17(23)22-16)15-8-9-19-12-20-15/h1-12H,(H,21,24). The Hall–Kier alpha value is -3.54. The molecule has 0 saturated carbocycles. The molecule has 3 aromatic heterocycles. The van der Waals surface area contributed by atoms with Crippen molar-refractivity contribution in [2.45, 2.75) is 0 Å². The number of nitrogens with one attached hydrogen (secondary N) is 1. The van der Waals surface area contributed by atoms with Gasteiger partial charge in [0.05, 0.1) is 5.69 Å². The SMILES string of the molecule is O=C(Nc1ccccc1)c1cn2cc(-c3ccncn3)ccc2n1. The Morgan fingerprint density at radius 3 is 2.67 bits per heavy atom. The molecule has 116 valence electrons. The second-order valence-corrected chi connectivity index (χ2v) is 5.22. The highest BCUT2D eigenvalue weighted by atomic mass is 16.1. The van der Waals surface area contributed by atoms with E-state index in [4.69, 9.17) is 0 Å². The van der Waals surface area contributed by atoms with Gasteiger partial charge >= 0.3 is 0 Å². The van der Waals surface area contributed by atoms with E-state index in [2.05, 4.69) is 20.3 Å². The summed E-state index contributed by atoms with van der Waals surface area (Å²) in [6.07, 6.45) is 6.80. The molecule has 6 nitrogen and oxygen atoms in total. The number of pyridine rings is 1. The van der Waals surface area contributed by atoms with Crippen LogP contribution in [-0.2, 0) is 0 Å². The number of imidazole rings is 1. The molecule has 0 saturated heterocycles. The predicted octanol–water partition coefficient (Wildman–Crippen LogP) is 3.04. The molecule has 0 spiro atoms. The van der Waals surface area contributed by atoms with Crippen LogP contribution < -0.4 is 5.32 Å². The van der Waals surface area contributed by atoms with E-state index in [1.807, 2.05) is 59.1 Å². The van der Waals surface area contributed by atoms with Gasteiger partial charge in [-0.05, 0) is 30.3 Å². The average Bonchev–Trinajstić information content (AvgIpc) is 3.07. The van der Waals surface area contributed by atoms with Gasteiger partial charge < -0.3 is 9.72 Å². The first-order valence-corrected chi connectivity index (χ1v) is 7.41. The summed E-state index contributed by atoms with van der Waals surface area (Å²) < 4.78 is 1.82. The van der Waals surface area contributed by atoms with E-state index >= 15 is 0 Å². The molecule has 4 aromatic rings. The van der Waals surface area contributed by atoms with Crippen molar-refractivity contribution in [1.82, 2.24) is 19.4 Å². The fraction of sp³-hybridized carbons (Fsp3) is 0. The van der Waals surface area contributed by atoms with Crippen LogP contribution in [0.15, 0.2) is 73.4 Å². The Morgan fingerprint density at radius 1 is 1.00 bits per heavy atom. The zero-order valence-corrected chi connectivity index (χ0v) is 12.6. The van der Waals surface area contributed by atoms with Crippen LogP contribution in [0, 0.1) is 0 Å². The number of carbonyl (C=O) groups is 1. The Labute approximate surface area is 137 Å². The summed E-state index contributed by atoms with van der Waals surface area (Å²) in [6, 6.07) is 14.9. The quantitative estimate of drug-likeness (QED) is 0.631. The number of amides is 1. The Morgan fingerprint density at radius 2 is 1.88 bits per heavy atom. The highest BCUT2D eigenvalue weighted by molar-refractivity contribution is 6.03. The van der Waals surface area contributed by atoms with Crippen LogP contribution in [0.25, 0.3) is 16.9 Å². The van der Waals surface area contributed by atoms with Gasteiger partial charge in [-0.1, -0.05) is 18.2 Å². The number of hydrogen-bond acceptors (Lipinski definition) is 4. The number of hydrogen-bond donors (Lipinski definition) is 1. The summed E-state index contributed by atoms with van der Waals surface area (Å²) >= 11 is 0. The van der Waals surface area contributed by atoms with Gasteiger partial charge in [0, 0.05) is 29.8 Å². The summed E-state index contributed by atoms with van der Waals surface area (Å²) in [6.45, 7) is 0. The monoisotopic (exact) mass is 315 g/mol. The van der Waals surface area contributed by atoms with E-state index < -0.39 is 0 Å². The van der Waals surface area contributed by atoms with Gasteiger partial charge in [-0.25, -0.2) is 15.0 Å². The molecule has 0 fully saturated rings. The normalized spacial score (nSPS) is 10.7. The van der Waals surface area contributed by atoms with Crippen molar-refractivity contribution >= 4 is 17.2 Å². The van der Waals surface area contributed by atoms with E-state index in [0.717, 1.165) is 16.9 Å². The van der Waals surface area contributed by atoms with Gasteiger partial charge in [0.25, 0.3) is 5.91 Å². The van der Waals surface area contributed by atoms with Crippen LogP contribution in [0.3, 0.4) is 0 Å². The molecule has 0 bridgehead atoms. The highest BCUT2D eigenvalue weighted by Crippen LogP contribution is 2.17. The van der Waals surface area contributed by atoms with Crippen LogP contribution >= 0.6 is 0 Å². The minimum absolute atomic E-state index is 0.242. The Balaban J connectivity index is 1.65. The molecule has 0 atom stereocenters. The molecular weight excluding hydrogens is 302 g/mol. The van der Waals surface area contributed by atoms with E-state index in [1.165, 1.54) is 6.33 Å². The van der Waals surface area contributed by atoms with Crippen LogP contribution in [0.2, 0.25) is 0 Å². The lowest BCUT2D eigenvalue weighted by atomic mass is 10.2. The zero-order chi connectivity index (χ0) is 16.4. The third-order valence-electron chi connectivity index (χ3n) is 3.59. The van der Waals surface area contributed by atoms with Crippen LogP contribution in [0.1, 0.15) is 10.5 Å². The molecule has 0 aliphatic heterocycles. The van der Waals surface area contributed by atoms with Crippen LogP contribution in [0.5, 0.6) is 0 Å². The molecule has 0 aliphatic rings. The summed E-state index contributed by atoms with van der Waals surface area (Å²) in [5.74, 6) is -0.242. The number of rotatable bonds is 3. The maximum Gasteiger partial charge on any atom is 0.275 e. The summed E-state index contributed by atoms with van der Waals surface area (Å²) in [4.78, 5) is 24.8. The Kier molecular flexibility index (Phi) is 3.47. The second kappa shape index (κ2) is 5.92. The molecule has 24 heavy (non-hydrogen) atoms. The topological polar surface area (TPSA) is 72.2 Å². The van der Waals surface area contributed by atoms with Crippen molar-refractivity contribution in [2.75, 3.05) is 5.32 Å². The number of fused-ring (bicyclic) bond motifs is 1. The van der Waals surface area contributed by atoms with Crippen molar-refractivity contribution in [3.05, 3.63) is 79.1 Å². The maximum absolute atomic E-state index is 12.3. The van der Waals surface area contributed by atoms with Crippen molar-refractivity contribution in [3.8, 4) is 11.3 Å². The summed E-state index contributed by atoms with van der Waals surface area (Å²) in [5.41, 5.74) is 3.54. The van der Waals surface area contributed by atoms with E-state index in [1.54, 1.807) is 12.4 Å². The zero-order valence-electron chi connectivity index (χ0n) is 12.6. The third-order valence-corrected chi connectivity index (χ3v) is 3.59. The molecule has 1 amide bonds. The van der Waals surface area contributed by atoms with Gasteiger partial charge in [0.15, 0.2) is 0 Å². The molecule has 0 radical (unpaired) electrons. The van der Waals surface area contributed by atoms with Crippen molar-refractivity contribution in [2.24, 2.45) is 0 Å². The first-order valence-electron chi connectivity index (χ1n) is 7.41. The molecule has 1 N–H and O–H groups in total. The molecule has 0 unspecified atom stereocenters. The first-order chi connectivity index (χ1) is 11.8. The molecular formula is C18H13N5O. The average molecular weight is 315 g/mol. The molecule has 1 aromatic carbocycles. The fourth-order valence-electron chi connectivity index (χ4n) is 2.43. The second-order valence-electron chi connectivity index (χ2n) is 5.22. The van der Waals surface area contributed by atoms with Crippen molar-refractivity contribution in [1.29, 1.82) is 0 Å². The van der Waals surface area contributed by atoms with E-state index in [0.29, 0.717) is 11.3 Å². The van der Waals surface area contributed by atoms with Gasteiger partial charge in [0.1, 0.15) is 17.7 Å². The van der Waals surface area contributed by atoms with Crippen LogP contribution in [0.4, 0.5) is 5.69 Å². The smallest absolute Gasteiger partial charge is 0.275 e. The van der Waals surface area contributed by atoms with Gasteiger partial charge in [-0.2, -0.15) is 0 Å². The fourth-order valence-corrected chi connectivity index (χ4v) is 2.43. The molecule has 6 heteroatoms. The first kappa shape index (κ1) is 14.1. The summed E-state index contributed by atoms with van der Waals surface area (Å²) in [5, 5.41) is 2.83. The largest absolute Gasteiger partial charge is 0.321 e. The number of anilines is 1. The lowest BCUT2D eigenvalue weighted by molar-refractivity contribution is 0.102. The molecule has 3 heterocycles. The lowest BCUT2D eigenvalue weighted by Crippen LogP contribution is -2.11. The maximum atomic E-state index is 12.3. The number of aromatic nitrogens is 4. The van der Waals surface area contributed by atoms with E-state index in [-0.39, 0.29) is 5.91 Å². The number of benzene rings is 1. The molecule has 0 aliphatic carbocycles. The Bertz CT molecular complexity index is 996. The number of nitrogens with zero attached hydrogens (tertiary/aromatic N) is 4. The van der Waals surface area contributed by atoms with Gasteiger partial charge in [-0.15, -0.1) is 0 Å². The minimum Gasteiger partial charge on any atom is -0.321 e. The van der Waals surface area contributed by atoms with Gasteiger partial charge in [0.2, 0.25) is 0 Å². The third kappa shape index (κ3) is 2.72. The summed E-state index contributed by atoms with van der Waals surface area (Å²) in [7, 11) is 0. The number of carbonyl (C=O) groups excluding carboxylic acids is 1. The van der Waals surface area contributed by atoms with Crippen molar-refractivity contribution in [3.63, 3.8) is 0 Å². The molecule has 4 rings (SSSR count). The minimum atomic E-state index is -0.242. The highest BCUT2D eigenvalue weighted by Gasteiger charge is 2.11. The van der Waals surface area contributed by atoms with Gasteiger partial charge in [-0.3, -0.25) is 4.79 Å². The van der Waals surface area contributed by atoms with Crippen LogP contribution in [-0.4, -0.2) is 25.3 Å².